The van der Waals surface area contributed by atoms with Crippen molar-refractivity contribution in [1.82, 2.24) is 4.98 Å². The van der Waals surface area contributed by atoms with Gasteiger partial charge in [0.25, 0.3) is 5.69 Å². The van der Waals surface area contributed by atoms with E-state index in [1.807, 2.05) is 0 Å². The van der Waals surface area contributed by atoms with Gasteiger partial charge in [0.2, 0.25) is 0 Å². The molecule has 0 aliphatic carbocycles. The average Bonchev–Trinajstić information content (AvgIpc) is 2.29. The van der Waals surface area contributed by atoms with E-state index in [0.717, 1.165) is 0 Å². The monoisotopic (exact) mass is 317 g/mol. The third kappa shape index (κ3) is 4.66. The van der Waals surface area contributed by atoms with Gasteiger partial charge < -0.3 is 10.4 Å². The molecular weight excluding hydrogens is 306 g/mol. The van der Waals surface area contributed by atoms with Crippen molar-refractivity contribution in [1.29, 1.82) is 0 Å². The van der Waals surface area contributed by atoms with Crippen molar-refractivity contribution in [2.45, 2.75) is 19.3 Å². The lowest BCUT2D eigenvalue weighted by molar-refractivity contribution is -0.385. The van der Waals surface area contributed by atoms with Crippen molar-refractivity contribution in [2.24, 2.45) is 0 Å². The van der Waals surface area contributed by atoms with E-state index in [4.69, 9.17) is 5.11 Å². The summed E-state index contributed by atoms with van der Waals surface area (Å²) in [5, 5.41) is 21.9. The summed E-state index contributed by atoms with van der Waals surface area (Å²) in [5.74, 6) is -0.305. The highest BCUT2D eigenvalue weighted by Gasteiger charge is 2.09. The molecule has 0 spiro atoms. The Hall–Kier alpha value is -1.70. The Morgan fingerprint density at radius 3 is 2.83 bits per heavy atom. The van der Waals surface area contributed by atoms with Gasteiger partial charge in [0.15, 0.2) is 0 Å². The van der Waals surface area contributed by atoms with Crippen LogP contribution in [-0.4, -0.2) is 27.5 Å². The summed E-state index contributed by atoms with van der Waals surface area (Å²) >= 11 is 3.18. The van der Waals surface area contributed by atoms with E-state index in [2.05, 4.69) is 26.2 Å². The lowest BCUT2D eigenvalue weighted by atomic mass is 10.2. The summed E-state index contributed by atoms with van der Waals surface area (Å²) < 4.78 is 0.509. The number of hydrogen-bond acceptors (Lipinski definition) is 5. The maximum Gasteiger partial charge on any atom is 0.303 e. The predicted octanol–water partition coefficient (Wildman–Crippen LogP) is 2.42. The molecule has 0 aliphatic rings. The molecule has 0 aliphatic heterocycles. The maximum absolute atomic E-state index is 10.5. The molecule has 0 fully saturated rings. The van der Waals surface area contributed by atoms with Gasteiger partial charge in [-0.05, 0) is 28.8 Å². The van der Waals surface area contributed by atoms with Crippen LogP contribution in [0, 0.1) is 10.1 Å². The van der Waals surface area contributed by atoms with Crippen LogP contribution in [0.5, 0.6) is 0 Å². The molecular formula is C10H12BrN3O4. The van der Waals surface area contributed by atoms with Gasteiger partial charge in [0.1, 0.15) is 12.0 Å². The Morgan fingerprint density at radius 1 is 1.56 bits per heavy atom. The number of nitro groups is 1. The van der Waals surface area contributed by atoms with Gasteiger partial charge in [0, 0.05) is 19.0 Å². The number of nitrogens with one attached hydrogen (secondary N) is 1. The Labute approximate surface area is 112 Å². The lowest BCUT2D eigenvalue weighted by Crippen LogP contribution is -2.05. The molecule has 1 rings (SSSR count). The van der Waals surface area contributed by atoms with Crippen LogP contribution < -0.4 is 5.32 Å². The van der Waals surface area contributed by atoms with Gasteiger partial charge in [0.05, 0.1) is 9.40 Å². The smallest absolute Gasteiger partial charge is 0.303 e. The largest absolute Gasteiger partial charge is 0.481 e. The van der Waals surface area contributed by atoms with Gasteiger partial charge in [-0.3, -0.25) is 14.9 Å². The normalized spacial score (nSPS) is 10.1. The molecule has 0 bridgehead atoms. The molecule has 0 saturated carbocycles. The van der Waals surface area contributed by atoms with Crippen LogP contribution in [0.1, 0.15) is 19.3 Å². The Morgan fingerprint density at radius 2 is 2.28 bits per heavy atom. The minimum Gasteiger partial charge on any atom is -0.481 e. The van der Waals surface area contributed by atoms with Crippen LogP contribution in [0.25, 0.3) is 0 Å². The van der Waals surface area contributed by atoms with Crippen molar-refractivity contribution < 1.29 is 14.8 Å². The van der Waals surface area contributed by atoms with Gasteiger partial charge in [-0.25, -0.2) is 4.98 Å². The van der Waals surface area contributed by atoms with Crippen LogP contribution in [0.3, 0.4) is 0 Å². The Balaban J connectivity index is 2.43. The highest BCUT2D eigenvalue weighted by atomic mass is 79.9. The second-order valence-corrected chi connectivity index (χ2v) is 4.41. The number of halogens is 1. The molecule has 8 heteroatoms. The first kappa shape index (κ1) is 14.4. The van der Waals surface area contributed by atoms with E-state index in [1.165, 1.54) is 12.3 Å². The molecule has 0 atom stereocenters. The average molecular weight is 318 g/mol. The molecule has 0 amide bonds. The van der Waals surface area contributed by atoms with Crippen molar-refractivity contribution in [3.8, 4) is 0 Å². The molecule has 18 heavy (non-hydrogen) atoms. The SMILES string of the molecule is O=C(O)CCCCNc1ncc([N+](=O)[O-])cc1Br. The maximum atomic E-state index is 10.5. The van der Waals surface area contributed by atoms with Crippen LogP contribution in [0.2, 0.25) is 0 Å². The summed E-state index contributed by atoms with van der Waals surface area (Å²) in [4.78, 5) is 24.2. The molecule has 0 saturated heterocycles. The number of hydrogen-bond donors (Lipinski definition) is 2. The number of pyridine rings is 1. The number of rotatable bonds is 7. The topological polar surface area (TPSA) is 105 Å². The fourth-order valence-electron chi connectivity index (χ4n) is 1.27. The quantitative estimate of drug-likeness (QED) is 0.454. The summed E-state index contributed by atoms with van der Waals surface area (Å²) in [6.45, 7) is 0.566. The number of carboxylic acid groups (broad SMARTS) is 1. The summed E-state index contributed by atoms with van der Waals surface area (Å²) in [5.41, 5.74) is -0.0849. The Kier molecular flexibility index (Phi) is 5.50. The minimum atomic E-state index is -0.815. The lowest BCUT2D eigenvalue weighted by Gasteiger charge is -2.06. The first-order valence-corrected chi connectivity index (χ1v) is 6.05. The molecule has 1 heterocycles. The van der Waals surface area contributed by atoms with Gasteiger partial charge in [-0.15, -0.1) is 0 Å². The molecule has 0 radical (unpaired) electrons. The van der Waals surface area contributed by atoms with E-state index < -0.39 is 10.9 Å². The molecule has 2 N–H and O–H groups in total. The van der Waals surface area contributed by atoms with Crippen LogP contribution in [0.15, 0.2) is 16.7 Å². The number of carbonyl (C=O) groups is 1. The summed E-state index contributed by atoms with van der Waals surface area (Å²) in [6.07, 6.45) is 2.57. The van der Waals surface area contributed by atoms with Gasteiger partial charge >= 0.3 is 5.97 Å². The van der Waals surface area contributed by atoms with Crippen molar-refractivity contribution in [3.05, 3.63) is 26.9 Å². The molecule has 0 aromatic carbocycles. The van der Waals surface area contributed by atoms with Crippen molar-refractivity contribution in [3.63, 3.8) is 0 Å². The fraction of sp³-hybridized carbons (Fsp3) is 0.400. The predicted molar refractivity (Wildman–Crippen MR) is 68.6 cm³/mol. The van der Waals surface area contributed by atoms with Crippen LogP contribution >= 0.6 is 15.9 Å². The number of unbranched alkanes of at least 4 members (excludes halogenated alkanes) is 1. The van der Waals surface area contributed by atoms with Crippen LogP contribution in [-0.2, 0) is 4.79 Å². The van der Waals surface area contributed by atoms with E-state index in [0.29, 0.717) is 29.7 Å². The molecule has 1 aromatic heterocycles. The zero-order chi connectivity index (χ0) is 13.5. The molecule has 1 aromatic rings. The van der Waals surface area contributed by atoms with E-state index in [-0.39, 0.29) is 12.1 Å². The number of aromatic nitrogens is 1. The molecule has 98 valence electrons. The van der Waals surface area contributed by atoms with E-state index in [1.54, 1.807) is 0 Å². The summed E-state index contributed by atoms with van der Waals surface area (Å²) in [6, 6.07) is 1.37. The minimum absolute atomic E-state index is 0.0849. The number of aliphatic carboxylic acids is 1. The fourth-order valence-corrected chi connectivity index (χ4v) is 1.74. The third-order valence-electron chi connectivity index (χ3n) is 2.15. The zero-order valence-electron chi connectivity index (χ0n) is 9.43. The zero-order valence-corrected chi connectivity index (χ0v) is 11.0. The molecule has 7 nitrogen and oxygen atoms in total. The second-order valence-electron chi connectivity index (χ2n) is 3.56. The number of anilines is 1. The first-order chi connectivity index (χ1) is 8.50. The van der Waals surface area contributed by atoms with Gasteiger partial charge in [-0.2, -0.15) is 0 Å². The van der Waals surface area contributed by atoms with E-state index >= 15 is 0 Å². The van der Waals surface area contributed by atoms with Crippen molar-refractivity contribution in [2.75, 3.05) is 11.9 Å². The standard InChI is InChI=1S/C10H12BrN3O4/c11-8-5-7(14(17)18)6-13-10(8)12-4-2-1-3-9(15)16/h5-6H,1-4H2,(H,12,13)(H,15,16). The van der Waals surface area contributed by atoms with Gasteiger partial charge in [-0.1, -0.05) is 0 Å². The Bertz CT molecular complexity index is 453. The third-order valence-corrected chi connectivity index (χ3v) is 2.75. The van der Waals surface area contributed by atoms with Crippen molar-refractivity contribution >= 4 is 33.4 Å². The molecule has 0 unspecified atom stereocenters. The first-order valence-electron chi connectivity index (χ1n) is 5.26. The number of nitrogens with zero attached hydrogens (tertiary/aromatic N) is 2. The highest BCUT2D eigenvalue weighted by molar-refractivity contribution is 9.10. The van der Waals surface area contributed by atoms with Crippen LogP contribution in [0.4, 0.5) is 11.5 Å². The van der Waals surface area contributed by atoms with E-state index in [9.17, 15) is 14.9 Å². The number of carboxylic acids is 1. The second kappa shape index (κ2) is 6.90. The highest BCUT2D eigenvalue weighted by Crippen LogP contribution is 2.24. The summed E-state index contributed by atoms with van der Waals surface area (Å²) in [7, 11) is 0.